The fourth-order valence-electron chi connectivity index (χ4n) is 2.22. The molecule has 0 atom stereocenters. The molecule has 0 saturated heterocycles. The van der Waals surface area contributed by atoms with Crippen molar-refractivity contribution in [3.63, 3.8) is 0 Å². The highest BCUT2D eigenvalue weighted by molar-refractivity contribution is 5.94. The Bertz CT molecular complexity index is 711. The Morgan fingerprint density at radius 2 is 1.91 bits per heavy atom. The topological polar surface area (TPSA) is 81.5 Å². The van der Waals surface area contributed by atoms with Crippen LogP contribution in [0.3, 0.4) is 0 Å². The van der Waals surface area contributed by atoms with E-state index < -0.39 is 4.92 Å². The Morgan fingerprint density at radius 1 is 1.22 bits per heavy atom. The number of nitro groups is 1. The number of carbonyl (C=O) groups excluding carboxylic acids is 1. The molecule has 1 N–H and O–H groups in total. The van der Waals surface area contributed by atoms with Crippen molar-refractivity contribution >= 4 is 11.6 Å². The normalized spacial score (nSPS) is 10.2. The first-order chi connectivity index (χ1) is 11.0. The van der Waals surface area contributed by atoms with Crippen molar-refractivity contribution in [1.29, 1.82) is 0 Å². The van der Waals surface area contributed by atoms with Crippen LogP contribution in [0, 0.1) is 17.0 Å². The summed E-state index contributed by atoms with van der Waals surface area (Å²) in [7, 11) is 1.61. The van der Waals surface area contributed by atoms with E-state index in [-0.39, 0.29) is 11.6 Å². The van der Waals surface area contributed by atoms with Gasteiger partial charge in [-0.2, -0.15) is 0 Å². The lowest BCUT2D eigenvalue weighted by Gasteiger charge is -2.07. The fourth-order valence-corrected chi connectivity index (χ4v) is 2.22. The lowest BCUT2D eigenvalue weighted by molar-refractivity contribution is -0.385. The first-order valence-electron chi connectivity index (χ1n) is 7.17. The number of ether oxygens (including phenoxy) is 1. The molecule has 2 aromatic carbocycles. The molecule has 0 saturated carbocycles. The molecule has 1 amide bonds. The van der Waals surface area contributed by atoms with Gasteiger partial charge in [0.05, 0.1) is 12.0 Å². The summed E-state index contributed by atoms with van der Waals surface area (Å²) in [4.78, 5) is 22.4. The van der Waals surface area contributed by atoms with E-state index in [4.69, 9.17) is 4.74 Å². The van der Waals surface area contributed by atoms with Crippen LogP contribution in [0.15, 0.2) is 42.5 Å². The summed E-state index contributed by atoms with van der Waals surface area (Å²) in [5.74, 6) is 0.552. The van der Waals surface area contributed by atoms with Gasteiger partial charge in [-0.15, -0.1) is 0 Å². The third-order valence-corrected chi connectivity index (χ3v) is 3.51. The molecule has 0 radical (unpaired) electrons. The van der Waals surface area contributed by atoms with Gasteiger partial charge in [0.25, 0.3) is 11.6 Å². The molecule has 0 aliphatic rings. The second-order valence-electron chi connectivity index (χ2n) is 5.11. The van der Waals surface area contributed by atoms with Crippen molar-refractivity contribution in [1.82, 2.24) is 5.32 Å². The molecule has 0 heterocycles. The van der Waals surface area contributed by atoms with Gasteiger partial charge in [0.1, 0.15) is 5.75 Å². The Labute approximate surface area is 134 Å². The van der Waals surface area contributed by atoms with Gasteiger partial charge in [0.2, 0.25) is 0 Å². The van der Waals surface area contributed by atoms with Gasteiger partial charge < -0.3 is 10.1 Å². The van der Waals surface area contributed by atoms with Crippen LogP contribution in [-0.2, 0) is 6.42 Å². The maximum absolute atomic E-state index is 12.1. The van der Waals surface area contributed by atoms with E-state index in [0.717, 1.165) is 11.3 Å². The summed E-state index contributed by atoms with van der Waals surface area (Å²) in [5, 5.41) is 13.6. The zero-order valence-corrected chi connectivity index (χ0v) is 13.0. The fraction of sp³-hybridized carbons (Fsp3) is 0.235. The van der Waals surface area contributed by atoms with Gasteiger partial charge in [-0.1, -0.05) is 12.1 Å². The molecule has 0 fully saturated rings. The smallest absolute Gasteiger partial charge is 0.272 e. The molecule has 0 aliphatic heterocycles. The first-order valence-corrected chi connectivity index (χ1v) is 7.17. The van der Waals surface area contributed by atoms with E-state index in [1.807, 2.05) is 24.3 Å². The number of methoxy groups -OCH3 is 1. The number of nitro benzene ring substituents is 1. The Hall–Kier alpha value is -2.89. The molecule has 0 bridgehead atoms. The zero-order valence-electron chi connectivity index (χ0n) is 13.0. The molecular formula is C17H18N2O4. The molecule has 0 aromatic heterocycles. The number of hydrogen-bond acceptors (Lipinski definition) is 4. The third-order valence-electron chi connectivity index (χ3n) is 3.51. The largest absolute Gasteiger partial charge is 0.497 e. The lowest BCUT2D eigenvalue weighted by atomic mass is 10.1. The predicted molar refractivity (Wildman–Crippen MR) is 86.9 cm³/mol. The number of carbonyl (C=O) groups is 1. The van der Waals surface area contributed by atoms with Crippen molar-refractivity contribution in [3.05, 3.63) is 69.3 Å². The Kier molecular flexibility index (Phi) is 5.30. The molecule has 23 heavy (non-hydrogen) atoms. The van der Waals surface area contributed by atoms with Crippen LogP contribution in [0.25, 0.3) is 0 Å². The van der Waals surface area contributed by atoms with Crippen LogP contribution in [0.2, 0.25) is 0 Å². The minimum Gasteiger partial charge on any atom is -0.497 e. The summed E-state index contributed by atoms with van der Waals surface area (Å²) in [6.45, 7) is 2.10. The molecule has 0 unspecified atom stereocenters. The second-order valence-corrected chi connectivity index (χ2v) is 5.11. The predicted octanol–water partition coefficient (Wildman–Crippen LogP) is 2.88. The average molecular weight is 314 g/mol. The number of rotatable bonds is 6. The highest BCUT2D eigenvalue weighted by Crippen LogP contribution is 2.18. The van der Waals surface area contributed by atoms with Crippen molar-refractivity contribution in [2.75, 3.05) is 13.7 Å². The van der Waals surface area contributed by atoms with E-state index in [1.54, 1.807) is 14.0 Å². The first kappa shape index (κ1) is 16.5. The zero-order chi connectivity index (χ0) is 16.8. The van der Waals surface area contributed by atoms with Gasteiger partial charge in [-0.25, -0.2) is 0 Å². The number of nitrogens with zero attached hydrogens (tertiary/aromatic N) is 1. The SMILES string of the molecule is COc1ccc(CCNC(=O)c2ccc([N+](=O)[O-])c(C)c2)cc1. The second kappa shape index (κ2) is 7.40. The number of aryl methyl sites for hydroxylation is 1. The standard InChI is InChI=1S/C17H18N2O4/c1-12-11-14(5-8-16(12)19(21)22)17(20)18-10-9-13-3-6-15(23-2)7-4-13/h3-8,11H,9-10H2,1-2H3,(H,18,20). The van der Waals surface area contributed by atoms with E-state index in [9.17, 15) is 14.9 Å². The van der Waals surface area contributed by atoms with E-state index in [0.29, 0.717) is 24.1 Å². The van der Waals surface area contributed by atoms with Crippen molar-refractivity contribution in [2.24, 2.45) is 0 Å². The number of benzene rings is 2. The van der Waals surface area contributed by atoms with E-state index in [2.05, 4.69) is 5.32 Å². The third kappa shape index (κ3) is 4.29. The quantitative estimate of drug-likeness (QED) is 0.656. The molecule has 6 nitrogen and oxygen atoms in total. The Balaban J connectivity index is 1.91. The summed E-state index contributed by atoms with van der Waals surface area (Å²) >= 11 is 0. The minimum atomic E-state index is -0.458. The number of nitrogens with one attached hydrogen (secondary N) is 1. The molecule has 0 aliphatic carbocycles. The monoisotopic (exact) mass is 314 g/mol. The molecule has 120 valence electrons. The molecule has 6 heteroatoms. The highest BCUT2D eigenvalue weighted by atomic mass is 16.6. The maximum Gasteiger partial charge on any atom is 0.272 e. The van der Waals surface area contributed by atoms with Gasteiger partial charge in [-0.05, 0) is 43.2 Å². The molecule has 0 spiro atoms. The number of hydrogen-bond donors (Lipinski definition) is 1. The van der Waals surface area contributed by atoms with E-state index >= 15 is 0 Å². The van der Waals surface area contributed by atoms with Gasteiger partial charge in [-0.3, -0.25) is 14.9 Å². The summed E-state index contributed by atoms with van der Waals surface area (Å²) < 4.78 is 5.09. The van der Waals surface area contributed by atoms with Crippen LogP contribution < -0.4 is 10.1 Å². The van der Waals surface area contributed by atoms with Crippen LogP contribution in [-0.4, -0.2) is 24.5 Å². The summed E-state index contributed by atoms with van der Waals surface area (Å²) in [5.41, 5.74) is 1.99. The van der Waals surface area contributed by atoms with Gasteiger partial charge in [0, 0.05) is 23.7 Å². The Morgan fingerprint density at radius 3 is 2.48 bits per heavy atom. The average Bonchev–Trinajstić information content (AvgIpc) is 2.55. The summed E-state index contributed by atoms with van der Waals surface area (Å²) in [6, 6.07) is 12.0. The molecule has 2 rings (SSSR count). The summed E-state index contributed by atoms with van der Waals surface area (Å²) in [6.07, 6.45) is 0.696. The van der Waals surface area contributed by atoms with Crippen LogP contribution in [0.5, 0.6) is 5.75 Å². The van der Waals surface area contributed by atoms with Crippen molar-refractivity contribution in [2.45, 2.75) is 13.3 Å². The number of amides is 1. The maximum atomic E-state index is 12.1. The van der Waals surface area contributed by atoms with Crippen LogP contribution in [0.1, 0.15) is 21.5 Å². The van der Waals surface area contributed by atoms with Gasteiger partial charge >= 0.3 is 0 Å². The van der Waals surface area contributed by atoms with Crippen LogP contribution in [0.4, 0.5) is 5.69 Å². The minimum absolute atomic E-state index is 0.0137. The lowest BCUT2D eigenvalue weighted by Crippen LogP contribution is -2.25. The highest BCUT2D eigenvalue weighted by Gasteiger charge is 2.13. The molecular weight excluding hydrogens is 296 g/mol. The van der Waals surface area contributed by atoms with Crippen molar-refractivity contribution < 1.29 is 14.5 Å². The molecule has 2 aromatic rings. The van der Waals surface area contributed by atoms with Crippen LogP contribution >= 0.6 is 0 Å². The van der Waals surface area contributed by atoms with E-state index in [1.165, 1.54) is 18.2 Å². The van der Waals surface area contributed by atoms with Gasteiger partial charge in [0.15, 0.2) is 0 Å². The van der Waals surface area contributed by atoms with Crippen molar-refractivity contribution in [3.8, 4) is 5.75 Å².